The van der Waals surface area contributed by atoms with Gasteiger partial charge in [-0.1, -0.05) is 6.92 Å². The number of imidazole rings is 1. The minimum Gasteiger partial charge on any atom is -0.482 e. The number of rotatable bonds is 4. The molecule has 0 radical (unpaired) electrons. The topological polar surface area (TPSA) is 108 Å². The van der Waals surface area contributed by atoms with E-state index in [1.54, 1.807) is 18.5 Å². The van der Waals surface area contributed by atoms with Crippen LogP contribution in [0.1, 0.15) is 18.8 Å². The van der Waals surface area contributed by atoms with Crippen LogP contribution >= 0.6 is 0 Å². The van der Waals surface area contributed by atoms with E-state index in [-0.39, 0.29) is 23.5 Å². The third-order valence-electron chi connectivity index (χ3n) is 4.92. The van der Waals surface area contributed by atoms with Crippen LogP contribution in [-0.2, 0) is 14.8 Å². The Morgan fingerprint density at radius 3 is 2.93 bits per heavy atom. The lowest BCUT2D eigenvalue weighted by Gasteiger charge is -2.39. The summed E-state index contributed by atoms with van der Waals surface area (Å²) in [6, 6.07) is 4.41. The second-order valence-corrected chi connectivity index (χ2v) is 8.41. The van der Waals surface area contributed by atoms with Crippen LogP contribution in [-0.4, -0.2) is 66.3 Å². The number of fused-ring (bicyclic) bond motifs is 1. The van der Waals surface area contributed by atoms with Crippen molar-refractivity contribution >= 4 is 21.6 Å². The van der Waals surface area contributed by atoms with Gasteiger partial charge in [0.1, 0.15) is 11.6 Å². The molecule has 2 N–H and O–H groups in total. The zero-order chi connectivity index (χ0) is 19.0. The van der Waals surface area contributed by atoms with E-state index in [1.807, 2.05) is 6.92 Å². The van der Waals surface area contributed by atoms with Crippen LogP contribution in [0, 0.1) is 0 Å². The molecule has 0 unspecified atom stereocenters. The summed E-state index contributed by atoms with van der Waals surface area (Å²) >= 11 is 0. The molecule has 27 heavy (non-hydrogen) atoms. The Bertz CT molecular complexity index is 944. The number of likely N-dealkylation sites (N-methyl/N-ethyl adjacent to an activating group) is 1. The van der Waals surface area contributed by atoms with Gasteiger partial charge in [-0.2, -0.15) is 4.31 Å². The fraction of sp³-hybridized carbons (Fsp3) is 0.412. The number of aromatic amines is 1. The first-order chi connectivity index (χ1) is 13.0. The number of nitrogens with zero attached hydrogens (tertiary/aromatic N) is 3. The highest BCUT2D eigenvalue weighted by atomic mass is 32.2. The molecule has 10 heteroatoms. The van der Waals surface area contributed by atoms with Gasteiger partial charge in [-0.3, -0.25) is 9.69 Å². The molecule has 1 fully saturated rings. The van der Waals surface area contributed by atoms with Crippen molar-refractivity contribution in [2.24, 2.45) is 0 Å². The molecule has 2 aliphatic heterocycles. The lowest BCUT2D eigenvalue weighted by molar-refractivity contribution is -0.118. The van der Waals surface area contributed by atoms with Gasteiger partial charge < -0.3 is 15.0 Å². The average Bonchev–Trinajstić information content (AvgIpc) is 3.21. The third-order valence-corrected chi connectivity index (χ3v) is 6.78. The Morgan fingerprint density at radius 1 is 1.33 bits per heavy atom. The third kappa shape index (κ3) is 3.31. The van der Waals surface area contributed by atoms with Gasteiger partial charge in [0.25, 0.3) is 5.91 Å². The maximum atomic E-state index is 13.2. The number of ether oxygens (including phenoxy) is 1. The number of anilines is 1. The van der Waals surface area contributed by atoms with Crippen LogP contribution in [0.2, 0.25) is 0 Å². The van der Waals surface area contributed by atoms with E-state index in [1.165, 1.54) is 16.4 Å². The molecule has 1 aromatic heterocycles. The Labute approximate surface area is 157 Å². The highest BCUT2D eigenvalue weighted by Gasteiger charge is 2.36. The van der Waals surface area contributed by atoms with Crippen molar-refractivity contribution < 1.29 is 17.9 Å². The molecule has 144 valence electrons. The van der Waals surface area contributed by atoms with Crippen LogP contribution in [0.15, 0.2) is 35.5 Å². The summed E-state index contributed by atoms with van der Waals surface area (Å²) in [4.78, 5) is 21.3. The summed E-state index contributed by atoms with van der Waals surface area (Å²) < 4.78 is 33.2. The van der Waals surface area contributed by atoms with Crippen LogP contribution in [0.5, 0.6) is 5.75 Å². The summed E-state index contributed by atoms with van der Waals surface area (Å²) in [5.41, 5.74) is 0.377. The number of benzene rings is 1. The Balaban J connectivity index is 1.62. The number of amides is 1. The number of carbonyl (C=O) groups is 1. The molecule has 1 aromatic carbocycles. The highest BCUT2D eigenvalue weighted by Crippen LogP contribution is 2.33. The number of hydrogen-bond acceptors (Lipinski definition) is 6. The van der Waals surface area contributed by atoms with Crippen molar-refractivity contribution in [3.8, 4) is 5.75 Å². The second-order valence-electron chi connectivity index (χ2n) is 6.48. The van der Waals surface area contributed by atoms with E-state index in [2.05, 4.69) is 20.2 Å². The van der Waals surface area contributed by atoms with Gasteiger partial charge >= 0.3 is 0 Å². The maximum Gasteiger partial charge on any atom is 0.262 e. The number of hydrogen-bond donors (Lipinski definition) is 2. The average molecular weight is 391 g/mol. The van der Waals surface area contributed by atoms with Crippen molar-refractivity contribution in [1.29, 1.82) is 0 Å². The van der Waals surface area contributed by atoms with Gasteiger partial charge in [0.05, 0.1) is 16.6 Å². The van der Waals surface area contributed by atoms with E-state index >= 15 is 0 Å². The van der Waals surface area contributed by atoms with Crippen molar-refractivity contribution in [3.63, 3.8) is 0 Å². The summed E-state index contributed by atoms with van der Waals surface area (Å²) in [5.74, 6) is 0.923. The van der Waals surface area contributed by atoms with Crippen LogP contribution < -0.4 is 10.1 Å². The van der Waals surface area contributed by atoms with Gasteiger partial charge in [0, 0.05) is 32.0 Å². The minimum absolute atomic E-state index is 0.0666. The highest BCUT2D eigenvalue weighted by molar-refractivity contribution is 7.89. The van der Waals surface area contributed by atoms with Gasteiger partial charge in [-0.15, -0.1) is 0 Å². The first kappa shape index (κ1) is 18.0. The van der Waals surface area contributed by atoms with Crippen LogP contribution in [0.25, 0.3) is 0 Å². The molecule has 2 aliphatic rings. The number of nitrogens with one attached hydrogen (secondary N) is 2. The SMILES string of the molecule is CCN1CCN(S(=O)(=O)c2ccc3c(c2)NC(=O)CO3)C[C@H]1c1ncc[nH]1. The molecule has 9 nitrogen and oxygen atoms in total. The number of sulfonamides is 1. The first-order valence-corrected chi connectivity index (χ1v) is 10.2. The quantitative estimate of drug-likeness (QED) is 0.799. The molecule has 1 saturated heterocycles. The normalized spacial score (nSPS) is 21.4. The van der Waals surface area contributed by atoms with E-state index in [4.69, 9.17) is 4.74 Å². The van der Waals surface area contributed by atoms with E-state index in [0.29, 0.717) is 31.1 Å². The van der Waals surface area contributed by atoms with Gasteiger partial charge in [0.2, 0.25) is 10.0 Å². The summed E-state index contributed by atoms with van der Waals surface area (Å²) in [6.45, 7) is 4.11. The number of carbonyl (C=O) groups excluding carboxylic acids is 1. The molecular formula is C17H21N5O4S. The first-order valence-electron chi connectivity index (χ1n) is 8.79. The Kier molecular flexibility index (Phi) is 4.62. The fourth-order valence-corrected chi connectivity index (χ4v) is 4.95. The number of piperazine rings is 1. The van der Waals surface area contributed by atoms with E-state index in [9.17, 15) is 13.2 Å². The second kappa shape index (κ2) is 6.95. The van der Waals surface area contributed by atoms with E-state index < -0.39 is 10.0 Å². The minimum atomic E-state index is -3.71. The Morgan fingerprint density at radius 2 is 2.19 bits per heavy atom. The summed E-state index contributed by atoms with van der Waals surface area (Å²) in [5, 5.41) is 2.65. The largest absolute Gasteiger partial charge is 0.482 e. The predicted octanol–water partition coefficient (Wildman–Crippen LogP) is 0.808. The maximum absolute atomic E-state index is 13.2. The van der Waals surface area contributed by atoms with Gasteiger partial charge in [-0.05, 0) is 24.7 Å². The van der Waals surface area contributed by atoms with Gasteiger partial charge in [0.15, 0.2) is 6.61 Å². The Hall–Kier alpha value is -2.43. The monoisotopic (exact) mass is 391 g/mol. The molecule has 4 rings (SSSR count). The molecule has 0 spiro atoms. The van der Waals surface area contributed by atoms with Crippen molar-refractivity contribution in [3.05, 3.63) is 36.4 Å². The number of aromatic nitrogens is 2. The van der Waals surface area contributed by atoms with Crippen LogP contribution in [0.3, 0.4) is 0 Å². The number of H-pyrrole nitrogens is 1. The fourth-order valence-electron chi connectivity index (χ4n) is 3.48. The zero-order valence-corrected chi connectivity index (χ0v) is 15.7. The van der Waals surface area contributed by atoms with Crippen molar-refractivity contribution in [2.45, 2.75) is 17.9 Å². The molecule has 0 bridgehead atoms. The lowest BCUT2D eigenvalue weighted by Crippen LogP contribution is -2.50. The van der Waals surface area contributed by atoms with Crippen molar-refractivity contribution in [1.82, 2.24) is 19.2 Å². The summed E-state index contributed by atoms with van der Waals surface area (Å²) in [7, 11) is -3.71. The molecule has 0 saturated carbocycles. The predicted molar refractivity (Wildman–Crippen MR) is 97.9 cm³/mol. The lowest BCUT2D eigenvalue weighted by atomic mass is 10.2. The smallest absolute Gasteiger partial charge is 0.262 e. The van der Waals surface area contributed by atoms with Crippen LogP contribution in [0.4, 0.5) is 5.69 Å². The van der Waals surface area contributed by atoms with Gasteiger partial charge in [-0.25, -0.2) is 13.4 Å². The molecule has 2 aromatic rings. The summed E-state index contributed by atoms with van der Waals surface area (Å²) in [6.07, 6.45) is 3.41. The zero-order valence-electron chi connectivity index (χ0n) is 14.9. The molecular weight excluding hydrogens is 370 g/mol. The molecule has 0 aliphatic carbocycles. The molecule has 3 heterocycles. The molecule has 1 amide bonds. The molecule has 1 atom stereocenters. The van der Waals surface area contributed by atoms with E-state index in [0.717, 1.165) is 12.4 Å². The van der Waals surface area contributed by atoms with Crippen molar-refractivity contribution in [2.75, 3.05) is 38.1 Å². The standard InChI is InChI=1S/C17H21N5O4S/c1-2-21-7-8-22(10-14(21)17-18-5-6-19-17)27(24,25)12-3-4-15-13(9-12)20-16(23)11-26-15/h3-6,9,14H,2,7-8,10-11H2,1H3,(H,18,19)(H,20,23)/t14-/m0/s1.